The van der Waals surface area contributed by atoms with E-state index in [1.807, 2.05) is 35.7 Å². The summed E-state index contributed by atoms with van der Waals surface area (Å²) in [6, 6.07) is 3.69. The Labute approximate surface area is 135 Å². The van der Waals surface area contributed by atoms with Crippen molar-refractivity contribution in [2.24, 2.45) is 7.05 Å². The lowest BCUT2D eigenvalue weighted by molar-refractivity contribution is 0.110. The first-order valence-corrected chi connectivity index (χ1v) is 7.70. The number of likely N-dealkylation sites (N-methyl/N-ethyl adjacent to an activating group) is 1. The lowest BCUT2D eigenvalue weighted by Crippen LogP contribution is -2.50. The Morgan fingerprint density at radius 3 is 2.78 bits per heavy atom. The molecule has 1 aliphatic rings. The number of piperazine rings is 1. The zero-order valence-corrected chi connectivity index (χ0v) is 13.7. The fourth-order valence-electron chi connectivity index (χ4n) is 2.86. The van der Waals surface area contributed by atoms with E-state index in [4.69, 9.17) is 0 Å². The van der Waals surface area contributed by atoms with Crippen molar-refractivity contribution in [3.63, 3.8) is 0 Å². The molecule has 23 heavy (non-hydrogen) atoms. The van der Waals surface area contributed by atoms with Crippen LogP contribution in [0.5, 0.6) is 0 Å². The van der Waals surface area contributed by atoms with Crippen molar-refractivity contribution in [3.8, 4) is 0 Å². The zero-order chi connectivity index (χ0) is 16.4. The van der Waals surface area contributed by atoms with E-state index in [2.05, 4.69) is 27.2 Å². The number of hydrogen-bond donors (Lipinski definition) is 1. The van der Waals surface area contributed by atoms with Crippen molar-refractivity contribution in [2.45, 2.75) is 13.0 Å². The monoisotopic (exact) mass is 314 g/mol. The van der Waals surface area contributed by atoms with Gasteiger partial charge < -0.3 is 14.8 Å². The number of hydrogen-bond acceptors (Lipinski definition) is 4. The van der Waals surface area contributed by atoms with Gasteiger partial charge in [-0.2, -0.15) is 0 Å². The minimum absolute atomic E-state index is 0.0806. The molecule has 1 aliphatic heterocycles. The molecule has 7 nitrogen and oxygen atoms in total. The van der Waals surface area contributed by atoms with Crippen LogP contribution in [0.15, 0.2) is 30.7 Å². The first-order chi connectivity index (χ1) is 11.0. The Balaban J connectivity index is 1.71. The van der Waals surface area contributed by atoms with Gasteiger partial charge in [0.1, 0.15) is 5.82 Å². The van der Waals surface area contributed by atoms with Crippen LogP contribution in [-0.4, -0.2) is 57.0 Å². The molecule has 0 spiro atoms. The molecule has 3 heterocycles. The molecule has 0 bridgehead atoms. The van der Waals surface area contributed by atoms with Crippen LogP contribution in [-0.2, 0) is 7.05 Å². The standard InChI is InChI=1S/C16H22N6O/c1-12-10-13(4-5-17-12)19-16(23)22-9-8-20(2)14(11-22)15-18-6-7-21(15)3/h4-7,10,14H,8-9,11H2,1-3H3,(H,17,19,23)/t14-/m1/s1. The third kappa shape index (κ3) is 3.34. The van der Waals surface area contributed by atoms with Crippen LogP contribution in [0.2, 0.25) is 0 Å². The fourth-order valence-corrected chi connectivity index (χ4v) is 2.86. The number of aryl methyl sites for hydroxylation is 2. The highest BCUT2D eigenvalue weighted by molar-refractivity contribution is 5.89. The summed E-state index contributed by atoms with van der Waals surface area (Å²) in [4.78, 5) is 25.2. The predicted octanol–water partition coefficient (Wildman–Crippen LogP) is 1.64. The maximum Gasteiger partial charge on any atom is 0.321 e. The van der Waals surface area contributed by atoms with Gasteiger partial charge in [0, 0.05) is 56.7 Å². The molecular weight excluding hydrogens is 292 g/mol. The van der Waals surface area contributed by atoms with Crippen molar-refractivity contribution >= 4 is 11.7 Å². The van der Waals surface area contributed by atoms with Gasteiger partial charge in [0.05, 0.1) is 6.04 Å². The third-order valence-corrected chi connectivity index (χ3v) is 4.24. The molecule has 2 amide bonds. The molecule has 1 saturated heterocycles. The second kappa shape index (κ2) is 6.37. The number of carbonyl (C=O) groups is 1. The first-order valence-electron chi connectivity index (χ1n) is 7.70. The van der Waals surface area contributed by atoms with E-state index in [9.17, 15) is 4.79 Å². The van der Waals surface area contributed by atoms with E-state index in [-0.39, 0.29) is 12.1 Å². The Morgan fingerprint density at radius 2 is 2.09 bits per heavy atom. The van der Waals surface area contributed by atoms with Crippen LogP contribution in [0, 0.1) is 6.92 Å². The van der Waals surface area contributed by atoms with Crippen LogP contribution < -0.4 is 5.32 Å². The lowest BCUT2D eigenvalue weighted by Gasteiger charge is -2.38. The number of urea groups is 1. The van der Waals surface area contributed by atoms with Crippen molar-refractivity contribution in [3.05, 3.63) is 42.2 Å². The fraction of sp³-hybridized carbons (Fsp3) is 0.438. The summed E-state index contributed by atoms with van der Waals surface area (Å²) in [5.74, 6) is 0.977. The summed E-state index contributed by atoms with van der Waals surface area (Å²) in [6.07, 6.45) is 5.43. The molecule has 0 aliphatic carbocycles. The normalized spacial score (nSPS) is 18.9. The molecule has 2 aromatic heterocycles. The van der Waals surface area contributed by atoms with Crippen LogP contribution in [0.1, 0.15) is 17.6 Å². The van der Waals surface area contributed by atoms with Crippen LogP contribution in [0.4, 0.5) is 10.5 Å². The van der Waals surface area contributed by atoms with Gasteiger partial charge in [0.2, 0.25) is 0 Å². The number of nitrogens with zero attached hydrogens (tertiary/aromatic N) is 5. The van der Waals surface area contributed by atoms with Gasteiger partial charge in [-0.1, -0.05) is 0 Å². The minimum atomic E-state index is -0.0806. The van der Waals surface area contributed by atoms with Gasteiger partial charge in [-0.05, 0) is 26.1 Å². The van der Waals surface area contributed by atoms with Crippen molar-refractivity contribution < 1.29 is 4.79 Å². The Kier molecular flexibility index (Phi) is 4.29. The van der Waals surface area contributed by atoms with Gasteiger partial charge in [0.25, 0.3) is 0 Å². The summed E-state index contributed by atoms with van der Waals surface area (Å²) >= 11 is 0. The second-order valence-electron chi connectivity index (χ2n) is 5.95. The van der Waals surface area contributed by atoms with E-state index < -0.39 is 0 Å². The van der Waals surface area contributed by atoms with Gasteiger partial charge in [-0.3, -0.25) is 9.88 Å². The van der Waals surface area contributed by atoms with Gasteiger partial charge >= 0.3 is 6.03 Å². The summed E-state index contributed by atoms with van der Waals surface area (Å²) in [7, 11) is 4.05. The summed E-state index contributed by atoms with van der Waals surface area (Å²) in [5.41, 5.74) is 1.65. The molecule has 2 aromatic rings. The highest BCUT2D eigenvalue weighted by Crippen LogP contribution is 2.23. The second-order valence-corrected chi connectivity index (χ2v) is 5.95. The largest absolute Gasteiger partial charge is 0.337 e. The van der Waals surface area contributed by atoms with Crippen LogP contribution in [0.25, 0.3) is 0 Å². The molecule has 0 saturated carbocycles. The number of carbonyl (C=O) groups excluding carboxylic acids is 1. The van der Waals surface area contributed by atoms with Gasteiger partial charge in [-0.25, -0.2) is 9.78 Å². The smallest absolute Gasteiger partial charge is 0.321 e. The highest BCUT2D eigenvalue weighted by atomic mass is 16.2. The molecule has 122 valence electrons. The summed E-state index contributed by atoms with van der Waals surface area (Å²) in [6.45, 7) is 4.05. The van der Waals surface area contributed by atoms with E-state index in [1.165, 1.54) is 0 Å². The quantitative estimate of drug-likeness (QED) is 0.915. The van der Waals surface area contributed by atoms with E-state index in [1.54, 1.807) is 18.5 Å². The number of amides is 2. The molecule has 0 aromatic carbocycles. The summed E-state index contributed by atoms with van der Waals surface area (Å²) in [5, 5.41) is 2.95. The van der Waals surface area contributed by atoms with Gasteiger partial charge in [0.15, 0.2) is 0 Å². The van der Waals surface area contributed by atoms with Crippen LogP contribution in [0.3, 0.4) is 0 Å². The first kappa shape index (κ1) is 15.5. The third-order valence-electron chi connectivity index (χ3n) is 4.24. The molecular formula is C16H22N6O. The number of imidazole rings is 1. The topological polar surface area (TPSA) is 66.3 Å². The average Bonchev–Trinajstić information content (AvgIpc) is 2.93. The minimum Gasteiger partial charge on any atom is -0.337 e. The molecule has 1 atom stereocenters. The summed E-state index contributed by atoms with van der Waals surface area (Å²) < 4.78 is 2.01. The van der Waals surface area contributed by atoms with E-state index >= 15 is 0 Å². The molecule has 7 heteroatoms. The van der Waals surface area contributed by atoms with E-state index in [0.29, 0.717) is 13.1 Å². The van der Waals surface area contributed by atoms with Crippen LogP contribution >= 0.6 is 0 Å². The zero-order valence-electron chi connectivity index (χ0n) is 13.7. The molecule has 1 N–H and O–H groups in total. The maximum atomic E-state index is 12.5. The predicted molar refractivity (Wildman–Crippen MR) is 88.1 cm³/mol. The average molecular weight is 314 g/mol. The maximum absolute atomic E-state index is 12.5. The number of pyridine rings is 1. The highest BCUT2D eigenvalue weighted by Gasteiger charge is 2.30. The van der Waals surface area contributed by atoms with Crippen molar-refractivity contribution in [2.75, 3.05) is 32.0 Å². The molecule has 0 radical (unpaired) electrons. The van der Waals surface area contributed by atoms with Crippen molar-refractivity contribution in [1.29, 1.82) is 0 Å². The molecule has 3 rings (SSSR count). The lowest BCUT2D eigenvalue weighted by atomic mass is 10.1. The molecule has 1 fully saturated rings. The molecule has 0 unspecified atom stereocenters. The number of aromatic nitrogens is 3. The number of anilines is 1. The number of rotatable bonds is 2. The Bertz CT molecular complexity index is 697. The van der Waals surface area contributed by atoms with E-state index in [0.717, 1.165) is 23.8 Å². The number of nitrogens with one attached hydrogen (secondary N) is 1. The SMILES string of the molecule is Cc1cc(NC(=O)N2CCN(C)[C@@H](c3nccn3C)C2)ccn1. The van der Waals surface area contributed by atoms with Gasteiger partial charge in [-0.15, -0.1) is 0 Å². The van der Waals surface area contributed by atoms with Crippen molar-refractivity contribution in [1.82, 2.24) is 24.3 Å². The Morgan fingerprint density at radius 1 is 1.26 bits per heavy atom. The Hall–Kier alpha value is -2.41.